The van der Waals surface area contributed by atoms with Gasteiger partial charge in [-0.05, 0) is 96.3 Å². The molecule has 9 heteroatoms. The van der Waals surface area contributed by atoms with Gasteiger partial charge >= 0.3 is 0 Å². The highest BCUT2D eigenvalue weighted by atomic mass is 16.7. The average molecular weight is 1320 g/mol. The lowest BCUT2D eigenvalue weighted by Crippen LogP contribution is -2.60. The van der Waals surface area contributed by atoms with Crippen LogP contribution in [0.1, 0.15) is 367 Å². The van der Waals surface area contributed by atoms with E-state index in [2.05, 4.69) is 116 Å². The van der Waals surface area contributed by atoms with Crippen LogP contribution in [0.15, 0.2) is 109 Å². The molecule has 544 valence electrons. The second-order valence-electron chi connectivity index (χ2n) is 27.5. The van der Waals surface area contributed by atoms with Crippen molar-refractivity contribution >= 4 is 5.91 Å². The summed E-state index contributed by atoms with van der Waals surface area (Å²) < 4.78 is 11.3. The maximum absolute atomic E-state index is 13.2. The van der Waals surface area contributed by atoms with Crippen molar-refractivity contribution in [1.82, 2.24) is 5.32 Å². The smallest absolute Gasteiger partial charge is 0.220 e. The van der Waals surface area contributed by atoms with Gasteiger partial charge in [-0.15, -0.1) is 0 Å². The van der Waals surface area contributed by atoms with Crippen LogP contribution in [0.4, 0.5) is 0 Å². The molecule has 1 saturated heterocycles. The molecule has 1 fully saturated rings. The second kappa shape index (κ2) is 72.6. The summed E-state index contributed by atoms with van der Waals surface area (Å²) in [6.45, 7) is 3.68. The van der Waals surface area contributed by atoms with E-state index < -0.39 is 49.5 Å². The first-order chi connectivity index (χ1) is 46.3. The van der Waals surface area contributed by atoms with E-state index in [4.69, 9.17) is 9.47 Å². The highest BCUT2D eigenvalue weighted by molar-refractivity contribution is 5.76. The van der Waals surface area contributed by atoms with Crippen molar-refractivity contribution in [2.75, 3.05) is 13.2 Å². The SMILES string of the molecule is CC/C=C\C/C=C\C/C=C\C/C=C\C/C=C\C/C=C\CCCCCCCCCCCCCCCCCCCCCCCCC(=O)NC(COC1OC(CO)C(O)C(O)C1O)C(O)/C=C/CC/C=C/CC/C=C/CCCCCCCCCCCCCCCCCCCCCC. The van der Waals surface area contributed by atoms with Crippen LogP contribution in [0.5, 0.6) is 0 Å². The van der Waals surface area contributed by atoms with Gasteiger partial charge in [0.2, 0.25) is 5.91 Å². The van der Waals surface area contributed by atoms with Crippen LogP contribution in [-0.2, 0) is 14.3 Å². The molecular weight excluding hydrogens is 1160 g/mol. The second-order valence-corrected chi connectivity index (χ2v) is 27.5. The quantitative estimate of drug-likeness (QED) is 0.0261. The Hall–Kier alpha value is -3.15. The van der Waals surface area contributed by atoms with Gasteiger partial charge in [0.05, 0.1) is 25.4 Å². The van der Waals surface area contributed by atoms with E-state index in [1.165, 1.54) is 263 Å². The normalized spacial score (nSPS) is 18.1. The number of hydrogen-bond donors (Lipinski definition) is 6. The summed E-state index contributed by atoms with van der Waals surface area (Å²) in [5, 5.41) is 54.9. The van der Waals surface area contributed by atoms with Crippen LogP contribution in [-0.4, -0.2) is 87.5 Å². The number of amides is 1. The molecule has 0 bridgehead atoms. The average Bonchev–Trinajstić information content (AvgIpc) is 0.831. The number of nitrogens with one attached hydrogen (secondary N) is 1. The Morgan fingerprint density at radius 2 is 0.670 bits per heavy atom. The van der Waals surface area contributed by atoms with E-state index in [-0.39, 0.29) is 12.5 Å². The van der Waals surface area contributed by atoms with Crippen molar-refractivity contribution in [3.05, 3.63) is 109 Å². The van der Waals surface area contributed by atoms with E-state index in [0.29, 0.717) is 6.42 Å². The topological polar surface area (TPSA) is 149 Å². The van der Waals surface area contributed by atoms with Crippen molar-refractivity contribution in [2.24, 2.45) is 0 Å². The predicted molar refractivity (Wildman–Crippen MR) is 405 cm³/mol. The largest absolute Gasteiger partial charge is 0.394 e. The van der Waals surface area contributed by atoms with E-state index in [0.717, 1.165) is 83.5 Å². The number of rotatable bonds is 70. The van der Waals surface area contributed by atoms with E-state index >= 15 is 0 Å². The first-order valence-electron chi connectivity index (χ1n) is 40.1. The Kier molecular flexibility index (Phi) is 68.6. The van der Waals surface area contributed by atoms with Gasteiger partial charge in [-0.1, -0.05) is 374 Å². The van der Waals surface area contributed by atoms with Crippen LogP contribution in [0.25, 0.3) is 0 Å². The minimum atomic E-state index is -1.58. The number of aliphatic hydroxyl groups is 5. The summed E-state index contributed by atoms with van der Waals surface area (Å²) in [6, 6.07) is -0.834. The summed E-state index contributed by atoms with van der Waals surface area (Å²) in [6.07, 6.45) is 101. The van der Waals surface area contributed by atoms with Crippen LogP contribution in [0.2, 0.25) is 0 Å². The number of carbonyl (C=O) groups excluding carboxylic acids is 1. The summed E-state index contributed by atoms with van der Waals surface area (Å²) in [4.78, 5) is 13.2. The molecule has 9 nitrogen and oxygen atoms in total. The lowest BCUT2D eigenvalue weighted by Gasteiger charge is -2.40. The van der Waals surface area contributed by atoms with Gasteiger partial charge < -0.3 is 40.3 Å². The van der Waals surface area contributed by atoms with Crippen molar-refractivity contribution in [1.29, 1.82) is 0 Å². The summed E-state index contributed by atoms with van der Waals surface area (Å²) in [5.41, 5.74) is 0. The number of allylic oxidation sites excluding steroid dienone is 17. The lowest BCUT2D eigenvalue weighted by molar-refractivity contribution is -0.302. The Labute approximate surface area is 580 Å². The van der Waals surface area contributed by atoms with E-state index in [1.807, 2.05) is 6.08 Å². The van der Waals surface area contributed by atoms with Gasteiger partial charge in [-0.25, -0.2) is 0 Å². The van der Waals surface area contributed by atoms with Gasteiger partial charge in [-0.3, -0.25) is 4.79 Å². The molecule has 1 aliphatic heterocycles. The van der Waals surface area contributed by atoms with Crippen molar-refractivity contribution in [2.45, 2.75) is 410 Å². The maximum atomic E-state index is 13.2. The van der Waals surface area contributed by atoms with Crippen molar-refractivity contribution in [3.8, 4) is 0 Å². The molecule has 1 heterocycles. The Balaban J connectivity index is 2.09. The highest BCUT2D eigenvalue weighted by Gasteiger charge is 2.44. The standard InChI is InChI=1S/C85H151NO8/c1-3-5-7-9-11-13-15-17-19-21-23-25-27-29-31-33-35-36-37-38-39-40-41-42-43-44-45-47-49-51-53-55-57-59-61-63-65-67-69-71-73-75-81(89)86-78(77-93-85-84(92)83(91)82(90)80(76-87)94-85)79(88)74-72-70-68-66-64-62-60-58-56-54-52-50-48-46-34-32-30-28-26-24-22-20-18-16-14-12-10-8-6-4-2/h5,7,11,13,17,19,23,25,29,31,35-36,56,58,64,66,72,74,78-80,82-85,87-88,90-92H,3-4,6,8-10,12,14-16,18,20-22,24,26-28,30,32-34,37-55,57,59-63,65,67-71,73,75-77H2,1-2H3,(H,86,89)/b7-5-,13-11-,19-17-,25-23-,31-29-,36-35-,58-56+,66-64+,74-72+. The van der Waals surface area contributed by atoms with Gasteiger partial charge in [0, 0.05) is 6.42 Å². The highest BCUT2D eigenvalue weighted by Crippen LogP contribution is 2.24. The Morgan fingerprint density at radius 1 is 0.372 bits per heavy atom. The van der Waals surface area contributed by atoms with Gasteiger partial charge in [0.1, 0.15) is 24.4 Å². The molecule has 0 aromatic heterocycles. The number of ether oxygens (including phenoxy) is 2. The Morgan fingerprint density at radius 3 is 1.02 bits per heavy atom. The van der Waals surface area contributed by atoms with Crippen molar-refractivity contribution in [3.63, 3.8) is 0 Å². The minimum Gasteiger partial charge on any atom is -0.394 e. The molecule has 1 rings (SSSR count). The number of hydrogen-bond acceptors (Lipinski definition) is 8. The zero-order valence-corrected chi connectivity index (χ0v) is 61.2. The fourth-order valence-electron chi connectivity index (χ4n) is 12.4. The molecule has 7 atom stereocenters. The van der Waals surface area contributed by atoms with Gasteiger partial charge in [-0.2, -0.15) is 0 Å². The third-order valence-corrected chi connectivity index (χ3v) is 18.6. The molecular formula is C85H151NO8. The van der Waals surface area contributed by atoms with Crippen LogP contribution in [0, 0.1) is 0 Å². The molecule has 7 unspecified atom stereocenters. The zero-order chi connectivity index (χ0) is 67.8. The molecule has 0 spiro atoms. The molecule has 0 aromatic rings. The van der Waals surface area contributed by atoms with Crippen LogP contribution < -0.4 is 5.32 Å². The summed E-state index contributed by atoms with van der Waals surface area (Å²) in [5.74, 6) is -0.187. The molecule has 1 amide bonds. The third-order valence-electron chi connectivity index (χ3n) is 18.6. The van der Waals surface area contributed by atoms with Crippen LogP contribution in [0.3, 0.4) is 0 Å². The van der Waals surface area contributed by atoms with E-state index in [1.54, 1.807) is 6.08 Å². The van der Waals surface area contributed by atoms with Gasteiger partial charge in [0.15, 0.2) is 6.29 Å². The summed E-state index contributed by atoms with van der Waals surface area (Å²) >= 11 is 0. The minimum absolute atomic E-state index is 0.187. The predicted octanol–water partition coefficient (Wildman–Crippen LogP) is 23.1. The fourth-order valence-corrected chi connectivity index (χ4v) is 12.4. The third kappa shape index (κ3) is 60.1. The fraction of sp³-hybridized carbons (Fsp3) is 0.776. The van der Waals surface area contributed by atoms with Gasteiger partial charge in [0.25, 0.3) is 0 Å². The summed E-state index contributed by atoms with van der Waals surface area (Å²) in [7, 11) is 0. The first kappa shape index (κ1) is 88.9. The number of carbonyl (C=O) groups is 1. The monoisotopic (exact) mass is 1310 g/mol. The zero-order valence-electron chi connectivity index (χ0n) is 61.2. The van der Waals surface area contributed by atoms with Crippen LogP contribution >= 0.6 is 0 Å². The molecule has 94 heavy (non-hydrogen) atoms. The molecule has 0 radical (unpaired) electrons. The van der Waals surface area contributed by atoms with E-state index in [9.17, 15) is 30.3 Å². The number of unbranched alkanes of at least 4 members (excludes halogenated alkanes) is 44. The molecule has 6 N–H and O–H groups in total. The molecule has 0 aromatic carbocycles. The molecule has 0 saturated carbocycles. The first-order valence-corrected chi connectivity index (χ1v) is 40.1. The molecule has 1 aliphatic rings. The Bertz CT molecular complexity index is 1870. The maximum Gasteiger partial charge on any atom is 0.220 e. The molecule has 0 aliphatic carbocycles. The number of aliphatic hydroxyl groups excluding tert-OH is 5. The lowest BCUT2D eigenvalue weighted by atomic mass is 9.99. The van der Waals surface area contributed by atoms with Crippen molar-refractivity contribution < 1.29 is 39.8 Å².